The molecule has 178 valence electrons. The lowest BCUT2D eigenvalue weighted by molar-refractivity contribution is -0.134. The number of thiophene rings is 1. The number of imidazole rings is 1. The summed E-state index contributed by atoms with van der Waals surface area (Å²) in [6.07, 6.45) is -3.79. The number of β-amino-alcohol motifs (C(OH)–C–C–N with tert-alkyl or cyclic N) is 1. The van der Waals surface area contributed by atoms with Gasteiger partial charge in [-0.15, -0.1) is 16.4 Å². The van der Waals surface area contributed by atoms with Crippen LogP contribution in [0, 0.1) is 0 Å². The van der Waals surface area contributed by atoms with Gasteiger partial charge in [0.05, 0.1) is 29.8 Å². The lowest BCUT2D eigenvalue weighted by Gasteiger charge is -2.37. The minimum absolute atomic E-state index is 0.112. The summed E-state index contributed by atoms with van der Waals surface area (Å²) in [5.41, 5.74) is 0.301. The van der Waals surface area contributed by atoms with E-state index in [0.717, 1.165) is 6.07 Å². The Kier molecular flexibility index (Phi) is 5.99. The maximum Gasteiger partial charge on any atom is 0.425 e. The molecule has 1 saturated heterocycles. The molecule has 0 aliphatic carbocycles. The number of fused-ring (bicyclic) bond motifs is 1. The maximum atomic E-state index is 13.0. The van der Waals surface area contributed by atoms with E-state index in [4.69, 9.17) is 4.74 Å². The van der Waals surface area contributed by atoms with Gasteiger partial charge in [0.2, 0.25) is 0 Å². The number of alkyl halides is 3. The van der Waals surface area contributed by atoms with E-state index in [0.29, 0.717) is 46.3 Å². The van der Waals surface area contributed by atoms with Gasteiger partial charge in [-0.25, -0.2) is 14.3 Å². The van der Waals surface area contributed by atoms with Crippen LogP contribution in [0.4, 0.5) is 23.8 Å². The molecule has 2 atom stereocenters. The van der Waals surface area contributed by atoms with Gasteiger partial charge in [-0.05, 0) is 51.5 Å². The van der Waals surface area contributed by atoms with E-state index < -0.39 is 28.9 Å². The van der Waals surface area contributed by atoms with Gasteiger partial charge in [-0.3, -0.25) is 0 Å². The highest BCUT2D eigenvalue weighted by molar-refractivity contribution is 7.15. The Hall–Kier alpha value is -2.86. The van der Waals surface area contributed by atoms with Gasteiger partial charge < -0.3 is 20.1 Å². The summed E-state index contributed by atoms with van der Waals surface area (Å²) in [6, 6.07) is 5.46. The van der Waals surface area contributed by atoms with E-state index in [1.165, 1.54) is 21.7 Å². The topological polar surface area (TPSA) is 92.0 Å². The molecule has 8 nitrogen and oxygen atoms in total. The van der Waals surface area contributed by atoms with E-state index >= 15 is 0 Å². The number of amides is 1. The smallest absolute Gasteiger partial charge is 0.425 e. The number of nitrogens with zero attached hydrogens (tertiary/aromatic N) is 4. The normalized spacial score (nSPS) is 19.7. The zero-order valence-corrected chi connectivity index (χ0v) is 19.1. The Morgan fingerprint density at radius 1 is 1.24 bits per heavy atom. The first-order valence-electron chi connectivity index (χ1n) is 10.4. The number of hydrogen-bond donors (Lipinski definition) is 2. The number of carbonyl (C=O) groups is 1. The summed E-state index contributed by atoms with van der Waals surface area (Å²) >= 11 is 0.625. The third kappa shape index (κ3) is 5.22. The van der Waals surface area contributed by atoms with Crippen molar-refractivity contribution in [3.05, 3.63) is 35.3 Å². The highest BCUT2D eigenvalue weighted by Gasteiger charge is 2.34. The van der Waals surface area contributed by atoms with Crippen molar-refractivity contribution in [3.8, 4) is 10.6 Å². The van der Waals surface area contributed by atoms with Crippen molar-refractivity contribution in [2.24, 2.45) is 0 Å². The van der Waals surface area contributed by atoms with Crippen LogP contribution in [0.1, 0.15) is 32.1 Å². The lowest BCUT2D eigenvalue weighted by atomic mass is 10.0. The van der Waals surface area contributed by atoms with Crippen LogP contribution < -0.4 is 5.32 Å². The number of aromatic nitrogens is 3. The van der Waals surface area contributed by atoms with Gasteiger partial charge in [0, 0.05) is 6.54 Å². The fraction of sp³-hybridized carbons (Fsp3) is 0.476. The number of ether oxygens (including phenoxy) is 1. The molecule has 4 heterocycles. The monoisotopic (exact) mass is 483 g/mol. The molecular weight excluding hydrogens is 459 g/mol. The van der Waals surface area contributed by atoms with Crippen molar-refractivity contribution in [1.82, 2.24) is 19.5 Å². The van der Waals surface area contributed by atoms with Crippen LogP contribution in [0.25, 0.3) is 16.2 Å². The lowest BCUT2D eigenvalue weighted by Crippen LogP contribution is -2.52. The zero-order chi connectivity index (χ0) is 24.0. The number of hydrogen-bond acceptors (Lipinski definition) is 7. The third-order valence-electron chi connectivity index (χ3n) is 5.07. The number of aliphatic hydroxyl groups is 1. The molecule has 0 unspecified atom stereocenters. The van der Waals surface area contributed by atoms with Crippen molar-refractivity contribution in [2.75, 3.05) is 18.4 Å². The van der Waals surface area contributed by atoms with Gasteiger partial charge >= 0.3 is 12.3 Å². The molecule has 0 radical (unpaired) electrons. The predicted molar refractivity (Wildman–Crippen MR) is 117 cm³/mol. The molecule has 3 aromatic rings. The first kappa shape index (κ1) is 23.3. The molecule has 12 heteroatoms. The summed E-state index contributed by atoms with van der Waals surface area (Å²) in [5, 5.41) is 18.2. The molecule has 1 amide bonds. The molecule has 0 spiro atoms. The van der Waals surface area contributed by atoms with Crippen molar-refractivity contribution < 1.29 is 27.8 Å². The number of piperidine rings is 1. The zero-order valence-electron chi connectivity index (χ0n) is 18.3. The molecule has 33 heavy (non-hydrogen) atoms. The Bertz CT molecular complexity index is 1150. The Morgan fingerprint density at radius 3 is 2.64 bits per heavy atom. The number of carbonyl (C=O) groups excluding carboxylic acids is 1. The summed E-state index contributed by atoms with van der Waals surface area (Å²) in [5.74, 6) is 0.434. The number of anilines is 1. The Labute approximate surface area is 192 Å². The third-order valence-corrected chi connectivity index (χ3v) is 6.22. The highest BCUT2D eigenvalue weighted by atomic mass is 32.1. The Morgan fingerprint density at radius 2 is 2.00 bits per heavy atom. The van der Waals surface area contributed by atoms with E-state index in [9.17, 15) is 23.1 Å². The molecule has 1 fully saturated rings. The average molecular weight is 484 g/mol. The van der Waals surface area contributed by atoms with Gasteiger partial charge in [-0.2, -0.15) is 13.2 Å². The maximum absolute atomic E-state index is 13.0. The number of aliphatic hydroxyl groups excluding tert-OH is 1. The molecule has 0 saturated carbocycles. The van der Waals surface area contributed by atoms with E-state index in [-0.39, 0.29) is 12.6 Å². The number of halogens is 3. The molecule has 0 bridgehead atoms. The highest BCUT2D eigenvalue weighted by Crippen LogP contribution is 2.38. The summed E-state index contributed by atoms with van der Waals surface area (Å²) in [4.78, 5) is 17.6. The van der Waals surface area contributed by atoms with E-state index in [1.54, 1.807) is 32.9 Å². The first-order chi connectivity index (χ1) is 15.4. The SMILES string of the molecule is CC(C)(C)OC(=O)N1CC[C@@H](Nc2ccc3ncc(-c4ccc(C(F)(F)F)s4)n3n2)[C@@H](O)C1. The molecule has 4 rings (SSSR count). The van der Waals surface area contributed by atoms with Gasteiger partial charge in [0.25, 0.3) is 0 Å². The van der Waals surface area contributed by atoms with Crippen LogP contribution in [-0.4, -0.2) is 61.5 Å². The van der Waals surface area contributed by atoms with Crippen LogP contribution >= 0.6 is 11.3 Å². The summed E-state index contributed by atoms with van der Waals surface area (Å²) in [7, 11) is 0. The van der Waals surface area contributed by atoms with Gasteiger partial charge in [0.1, 0.15) is 22.0 Å². The second kappa shape index (κ2) is 8.49. The second-order valence-corrected chi connectivity index (χ2v) is 9.91. The van der Waals surface area contributed by atoms with Crippen LogP contribution in [0.5, 0.6) is 0 Å². The molecule has 1 aliphatic heterocycles. The van der Waals surface area contributed by atoms with Gasteiger partial charge in [0.15, 0.2) is 5.65 Å². The molecule has 0 aromatic carbocycles. The Balaban J connectivity index is 1.48. The van der Waals surface area contributed by atoms with E-state index in [2.05, 4.69) is 15.4 Å². The second-order valence-electron chi connectivity index (χ2n) is 8.83. The quantitative estimate of drug-likeness (QED) is 0.579. The van der Waals surface area contributed by atoms with Crippen molar-refractivity contribution in [2.45, 2.75) is 51.1 Å². The largest absolute Gasteiger partial charge is 0.444 e. The predicted octanol–water partition coefficient (Wildman–Crippen LogP) is 4.26. The van der Waals surface area contributed by atoms with Crippen LogP contribution in [-0.2, 0) is 10.9 Å². The van der Waals surface area contributed by atoms with Crippen molar-refractivity contribution >= 4 is 28.9 Å². The van der Waals surface area contributed by atoms with Crippen LogP contribution in [0.15, 0.2) is 30.5 Å². The fourth-order valence-electron chi connectivity index (χ4n) is 3.53. The van der Waals surface area contributed by atoms with E-state index in [1.807, 2.05) is 0 Å². The average Bonchev–Trinajstić information content (AvgIpc) is 3.34. The minimum atomic E-state index is -4.41. The standard InChI is InChI=1S/C21H24F3N5O3S/c1-20(2,3)32-19(31)28-9-8-12(14(30)11-28)26-17-6-7-18-25-10-13(29(18)27-17)15-4-5-16(33-15)21(22,23)24/h4-7,10,12,14,30H,8-9,11H2,1-3H3,(H,26,27)/t12-,14+/m1/s1. The summed E-state index contributed by atoms with van der Waals surface area (Å²) in [6.45, 7) is 5.85. The summed E-state index contributed by atoms with van der Waals surface area (Å²) < 4.78 is 45.8. The van der Waals surface area contributed by atoms with Gasteiger partial charge in [-0.1, -0.05) is 0 Å². The van der Waals surface area contributed by atoms with Crippen LogP contribution in [0.3, 0.4) is 0 Å². The van der Waals surface area contributed by atoms with Crippen molar-refractivity contribution in [3.63, 3.8) is 0 Å². The fourth-order valence-corrected chi connectivity index (χ4v) is 4.40. The molecular formula is C21H24F3N5O3S. The minimum Gasteiger partial charge on any atom is -0.444 e. The number of likely N-dealkylation sites (tertiary alicyclic amines) is 1. The first-order valence-corrected chi connectivity index (χ1v) is 11.2. The molecule has 1 aliphatic rings. The van der Waals surface area contributed by atoms with Crippen LogP contribution in [0.2, 0.25) is 0 Å². The molecule has 3 aromatic heterocycles. The van der Waals surface area contributed by atoms with Crippen molar-refractivity contribution in [1.29, 1.82) is 0 Å². The number of rotatable bonds is 3. The number of nitrogens with one attached hydrogen (secondary N) is 1. The molecule has 2 N–H and O–H groups in total.